The van der Waals surface area contributed by atoms with Crippen molar-refractivity contribution in [2.24, 2.45) is 0 Å². The van der Waals surface area contributed by atoms with Crippen LogP contribution in [0.5, 0.6) is 11.5 Å². The number of carbonyl (C=O) groups excluding carboxylic acids is 2. The fraction of sp³-hybridized carbons (Fsp3) is 0.385. The summed E-state index contributed by atoms with van der Waals surface area (Å²) in [6.07, 6.45) is -6.82. The van der Waals surface area contributed by atoms with Crippen LogP contribution in [0.4, 0.5) is 18.0 Å². The number of imide groups is 1. The zero-order valence-corrected chi connectivity index (χ0v) is 11.6. The van der Waals surface area contributed by atoms with Crippen LogP contribution in [0.25, 0.3) is 0 Å². The van der Waals surface area contributed by atoms with Crippen LogP contribution in [-0.2, 0) is 4.79 Å². The van der Waals surface area contributed by atoms with Crippen molar-refractivity contribution in [3.63, 3.8) is 0 Å². The molecule has 21 heavy (non-hydrogen) atoms. The number of hydrogen-bond acceptors (Lipinski definition) is 4. The van der Waals surface area contributed by atoms with E-state index in [0.29, 0.717) is 7.05 Å². The molecule has 1 aromatic rings. The van der Waals surface area contributed by atoms with Crippen LogP contribution in [0.3, 0.4) is 0 Å². The van der Waals surface area contributed by atoms with Gasteiger partial charge in [-0.3, -0.25) is 4.79 Å². The standard InChI is InChI=1S/C13H14F3NO4/c1-8(2)20-9-6-4-5-7-10(9)21-12(19)17(3)11(18)13(14,15)16/h4-8H,1-3H3. The zero-order valence-electron chi connectivity index (χ0n) is 11.6. The average molecular weight is 305 g/mol. The molecule has 0 heterocycles. The minimum Gasteiger partial charge on any atom is -0.487 e. The van der Waals surface area contributed by atoms with Crippen molar-refractivity contribution in [1.82, 2.24) is 4.90 Å². The summed E-state index contributed by atoms with van der Waals surface area (Å²) in [6, 6.07) is 5.97. The van der Waals surface area contributed by atoms with Gasteiger partial charge in [-0.25, -0.2) is 9.69 Å². The second-order valence-electron chi connectivity index (χ2n) is 4.34. The van der Waals surface area contributed by atoms with Crippen molar-refractivity contribution in [1.29, 1.82) is 0 Å². The van der Waals surface area contributed by atoms with E-state index in [9.17, 15) is 22.8 Å². The third-order valence-corrected chi connectivity index (χ3v) is 2.23. The third-order valence-electron chi connectivity index (χ3n) is 2.23. The lowest BCUT2D eigenvalue weighted by molar-refractivity contribution is -0.181. The maximum atomic E-state index is 12.2. The molecule has 5 nitrogen and oxygen atoms in total. The second-order valence-corrected chi connectivity index (χ2v) is 4.34. The Morgan fingerprint density at radius 2 is 1.67 bits per heavy atom. The highest BCUT2D eigenvalue weighted by Crippen LogP contribution is 2.28. The highest BCUT2D eigenvalue weighted by atomic mass is 19.4. The number of hydrogen-bond donors (Lipinski definition) is 0. The zero-order chi connectivity index (χ0) is 16.2. The average Bonchev–Trinajstić information content (AvgIpc) is 2.37. The lowest BCUT2D eigenvalue weighted by atomic mass is 10.3. The van der Waals surface area contributed by atoms with E-state index in [2.05, 4.69) is 0 Å². The molecule has 0 radical (unpaired) electrons. The molecular formula is C13H14F3NO4. The van der Waals surface area contributed by atoms with Crippen molar-refractivity contribution < 1.29 is 32.2 Å². The van der Waals surface area contributed by atoms with Crippen LogP contribution in [-0.4, -0.2) is 36.2 Å². The van der Waals surface area contributed by atoms with Gasteiger partial charge in [0.25, 0.3) is 0 Å². The first-order chi connectivity index (χ1) is 9.62. The van der Waals surface area contributed by atoms with Gasteiger partial charge in [0.1, 0.15) is 0 Å². The van der Waals surface area contributed by atoms with Crippen molar-refractivity contribution in [3.05, 3.63) is 24.3 Å². The normalized spacial score (nSPS) is 11.2. The summed E-state index contributed by atoms with van der Waals surface area (Å²) >= 11 is 0. The number of carbonyl (C=O) groups is 2. The monoisotopic (exact) mass is 305 g/mol. The van der Waals surface area contributed by atoms with E-state index in [1.807, 2.05) is 0 Å². The van der Waals surface area contributed by atoms with Gasteiger partial charge in [0, 0.05) is 7.05 Å². The van der Waals surface area contributed by atoms with Crippen molar-refractivity contribution in [2.45, 2.75) is 26.1 Å². The van der Waals surface area contributed by atoms with Gasteiger partial charge in [-0.1, -0.05) is 12.1 Å². The van der Waals surface area contributed by atoms with E-state index < -0.39 is 18.2 Å². The Hall–Kier alpha value is -2.25. The van der Waals surface area contributed by atoms with Crippen LogP contribution < -0.4 is 9.47 Å². The van der Waals surface area contributed by atoms with E-state index >= 15 is 0 Å². The summed E-state index contributed by atoms with van der Waals surface area (Å²) in [6.45, 7) is 3.47. The molecule has 0 saturated carbocycles. The Morgan fingerprint density at radius 3 is 2.14 bits per heavy atom. The number of amides is 2. The Morgan fingerprint density at radius 1 is 1.14 bits per heavy atom. The first-order valence-electron chi connectivity index (χ1n) is 5.95. The lowest BCUT2D eigenvalue weighted by Gasteiger charge is -2.18. The Labute approximate surface area is 119 Å². The molecule has 0 N–H and O–H groups in total. The number of rotatable bonds is 3. The Kier molecular flexibility index (Phi) is 5.17. The van der Waals surface area contributed by atoms with Crippen LogP contribution in [0.15, 0.2) is 24.3 Å². The fourth-order valence-corrected chi connectivity index (χ4v) is 1.32. The minimum absolute atomic E-state index is 0.0713. The highest BCUT2D eigenvalue weighted by Gasteiger charge is 2.44. The Bertz CT molecular complexity index is 528. The van der Waals surface area contributed by atoms with E-state index in [0.717, 1.165) is 0 Å². The van der Waals surface area contributed by atoms with Gasteiger partial charge in [0.15, 0.2) is 11.5 Å². The number of alkyl halides is 3. The van der Waals surface area contributed by atoms with E-state index in [-0.39, 0.29) is 22.5 Å². The molecule has 1 aromatic carbocycles. The number of halogens is 3. The summed E-state index contributed by atoms with van der Waals surface area (Å²) < 4.78 is 46.8. The van der Waals surface area contributed by atoms with Crippen LogP contribution in [0.2, 0.25) is 0 Å². The van der Waals surface area contributed by atoms with Gasteiger partial charge in [0.2, 0.25) is 0 Å². The topological polar surface area (TPSA) is 55.8 Å². The van der Waals surface area contributed by atoms with Crippen molar-refractivity contribution in [3.8, 4) is 11.5 Å². The van der Waals surface area contributed by atoms with E-state index in [4.69, 9.17) is 9.47 Å². The second kappa shape index (κ2) is 6.47. The van der Waals surface area contributed by atoms with Crippen LogP contribution in [0.1, 0.15) is 13.8 Å². The molecule has 1 rings (SSSR count). The fourth-order valence-electron chi connectivity index (χ4n) is 1.32. The molecule has 0 aliphatic rings. The molecule has 0 atom stereocenters. The first-order valence-corrected chi connectivity index (χ1v) is 5.95. The molecule has 0 aliphatic carbocycles. The van der Waals surface area contributed by atoms with Gasteiger partial charge >= 0.3 is 18.2 Å². The van der Waals surface area contributed by atoms with Gasteiger partial charge in [-0.05, 0) is 26.0 Å². The number of benzene rings is 1. The first kappa shape index (κ1) is 16.8. The van der Waals surface area contributed by atoms with Crippen molar-refractivity contribution >= 4 is 12.0 Å². The molecule has 0 fully saturated rings. The van der Waals surface area contributed by atoms with E-state index in [1.165, 1.54) is 18.2 Å². The quantitative estimate of drug-likeness (QED) is 0.861. The Balaban J connectivity index is 2.86. The molecule has 8 heteroatoms. The molecule has 2 amide bonds. The van der Waals surface area contributed by atoms with Gasteiger partial charge in [0.05, 0.1) is 6.10 Å². The SMILES string of the molecule is CC(C)Oc1ccccc1OC(=O)N(C)C(=O)C(F)(F)F. The van der Waals surface area contributed by atoms with Gasteiger partial charge in [-0.2, -0.15) is 13.2 Å². The largest absolute Gasteiger partial charge is 0.487 e. The molecule has 0 aliphatic heterocycles. The summed E-state index contributed by atoms with van der Waals surface area (Å²) in [5, 5.41) is 0. The molecule has 0 spiro atoms. The van der Waals surface area contributed by atoms with Gasteiger partial charge < -0.3 is 9.47 Å². The summed E-state index contributed by atoms with van der Waals surface area (Å²) in [7, 11) is 0.685. The molecule has 0 unspecified atom stereocenters. The summed E-state index contributed by atoms with van der Waals surface area (Å²) in [4.78, 5) is 22.3. The third kappa shape index (κ3) is 4.66. The predicted octanol–water partition coefficient (Wildman–Crippen LogP) is 2.99. The van der Waals surface area contributed by atoms with E-state index in [1.54, 1.807) is 19.9 Å². The number of ether oxygens (including phenoxy) is 2. The summed E-state index contributed by atoms with van der Waals surface area (Å²) in [5.74, 6) is -2.19. The molecular weight excluding hydrogens is 291 g/mol. The maximum Gasteiger partial charge on any atom is 0.471 e. The number of nitrogens with zero attached hydrogens (tertiary/aromatic N) is 1. The molecule has 0 saturated heterocycles. The summed E-state index contributed by atoms with van der Waals surface area (Å²) in [5.41, 5.74) is 0. The molecule has 116 valence electrons. The van der Waals surface area contributed by atoms with Crippen LogP contribution in [0, 0.1) is 0 Å². The van der Waals surface area contributed by atoms with Crippen molar-refractivity contribution in [2.75, 3.05) is 7.05 Å². The highest BCUT2D eigenvalue weighted by molar-refractivity contribution is 5.95. The number of para-hydroxylation sites is 2. The van der Waals surface area contributed by atoms with Gasteiger partial charge in [-0.15, -0.1) is 0 Å². The van der Waals surface area contributed by atoms with Crippen LogP contribution >= 0.6 is 0 Å². The molecule has 0 bridgehead atoms. The lowest BCUT2D eigenvalue weighted by Crippen LogP contribution is -2.43. The smallest absolute Gasteiger partial charge is 0.471 e. The predicted molar refractivity (Wildman–Crippen MR) is 67.1 cm³/mol. The molecule has 0 aromatic heterocycles. The minimum atomic E-state index is -5.15. The maximum absolute atomic E-state index is 12.2.